The minimum absolute atomic E-state index is 0. The number of halogens is 1. The van der Waals surface area contributed by atoms with Gasteiger partial charge < -0.3 is 9.64 Å². The molecule has 0 radical (unpaired) electrons. The Hall–Kier alpha value is -1.63. The van der Waals surface area contributed by atoms with Gasteiger partial charge in [-0.05, 0) is 45.0 Å². The first-order valence-corrected chi connectivity index (χ1v) is 9.58. The molecule has 0 atom stereocenters. The summed E-state index contributed by atoms with van der Waals surface area (Å²) in [5.41, 5.74) is 1.80. The fourth-order valence-corrected chi connectivity index (χ4v) is 3.72. The smallest absolute Gasteiger partial charge is 0.253 e. The van der Waals surface area contributed by atoms with Gasteiger partial charge in [-0.3, -0.25) is 9.69 Å². The van der Waals surface area contributed by atoms with Crippen molar-refractivity contribution >= 4 is 29.7 Å². The molecule has 1 amide bonds. The van der Waals surface area contributed by atoms with Gasteiger partial charge in [0.25, 0.3) is 5.91 Å². The maximum absolute atomic E-state index is 12.7. The number of benzene rings is 1. The van der Waals surface area contributed by atoms with Gasteiger partial charge in [-0.1, -0.05) is 0 Å². The van der Waals surface area contributed by atoms with Crippen LogP contribution >= 0.6 is 23.7 Å². The van der Waals surface area contributed by atoms with Crippen molar-refractivity contribution in [3.05, 3.63) is 45.9 Å². The van der Waals surface area contributed by atoms with Crippen molar-refractivity contribution in [1.82, 2.24) is 14.8 Å². The van der Waals surface area contributed by atoms with E-state index >= 15 is 0 Å². The van der Waals surface area contributed by atoms with Gasteiger partial charge in [0.1, 0.15) is 10.8 Å². The molecule has 3 rings (SSSR count). The fraction of sp³-hybridized carbons (Fsp3) is 0.474. The van der Waals surface area contributed by atoms with Gasteiger partial charge in [-0.2, -0.15) is 0 Å². The Kier molecular flexibility index (Phi) is 7.43. The summed E-state index contributed by atoms with van der Waals surface area (Å²) in [4.78, 5) is 21.5. The van der Waals surface area contributed by atoms with E-state index in [1.54, 1.807) is 11.3 Å². The lowest BCUT2D eigenvalue weighted by Crippen LogP contribution is -2.48. The van der Waals surface area contributed by atoms with Crippen molar-refractivity contribution in [3.63, 3.8) is 0 Å². The molecule has 2 aromatic rings. The third-order valence-electron chi connectivity index (χ3n) is 4.16. The second kappa shape index (κ2) is 9.35. The Bertz CT molecular complexity index is 710. The predicted octanol–water partition coefficient (Wildman–Crippen LogP) is 3.62. The number of thiazole rings is 1. The lowest BCUT2D eigenvalue weighted by atomic mass is 10.1. The van der Waals surface area contributed by atoms with Crippen molar-refractivity contribution in [2.24, 2.45) is 0 Å². The van der Waals surface area contributed by atoms with E-state index in [1.807, 2.05) is 49.9 Å². The first-order chi connectivity index (χ1) is 12.0. The van der Waals surface area contributed by atoms with Gasteiger partial charge in [-0.15, -0.1) is 23.7 Å². The molecule has 0 N–H and O–H groups in total. The molecule has 0 spiro atoms. The highest BCUT2D eigenvalue weighted by Gasteiger charge is 2.22. The molecule has 1 aliphatic heterocycles. The van der Waals surface area contributed by atoms with Crippen molar-refractivity contribution in [2.45, 2.75) is 33.4 Å². The quantitative estimate of drug-likeness (QED) is 0.775. The average Bonchev–Trinajstić information content (AvgIpc) is 3.00. The summed E-state index contributed by atoms with van der Waals surface area (Å²) in [5, 5.41) is 3.24. The largest absolute Gasteiger partial charge is 0.491 e. The topological polar surface area (TPSA) is 45.7 Å². The number of ether oxygens (including phenoxy) is 1. The number of piperazine rings is 1. The molecule has 0 unspecified atom stereocenters. The van der Waals surface area contributed by atoms with Crippen LogP contribution in [0.15, 0.2) is 29.6 Å². The molecule has 2 heterocycles. The Morgan fingerprint density at radius 2 is 1.85 bits per heavy atom. The number of carbonyl (C=O) groups excluding carboxylic acids is 1. The summed E-state index contributed by atoms with van der Waals surface area (Å²) in [7, 11) is 0. The molecule has 1 aromatic heterocycles. The number of rotatable bonds is 5. The molecule has 0 bridgehead atoms. The second-order valence-electron chi connectivity index (χ2n) is 6.64. The number of aryl methyl sites for hydroxylation is 1. The molecule has 1 aromatic carbocycles. The highest BCUT2D eigenvalue weighted by Crippen LogP contribution is 2.17. The van der Waals surface area contributed by atoms with Gasteiger partial charge in [0.15, 0.2) is 0 Å². The van der Waals surface area contributed by atoms with Crippen LogP contribution in [-0.4, -0.2) is 53.0 Å². The number of nitrogens with zero attached hydrogens (tertiary/aromatic N) is 3. The zero-order chi connectivity index (χ0) is 17.8. The van der Waals surface area contributed by atoms with E-state index in [1.165, 1.54) is 0 Å². The first kappa shape index (κ1) is 20.7. The van der Waals surface area contributed by atoms with E-state index in [4.69, 9.17) is 4.74 Å². The van der Waals surface area contributed by atoms with E-state index in [0.717, 1.165) is 54.7 Å². The van der Waals surface area contributed by atoms with Crippen LogP contribution in [0, 0.1) is 6.92 Å². The second-order valence-corrected chi connectivity index (χ2v) is 7.58. The Balaban J connectivity index is 0.00000243. The summed E-state index contributed by atoms with van der Waals surface area (Å²) in [5.74, 6) is 0.899. The molecule has 0 aliphatic carbocycles. The van der Waals surface area contributed by atoms with E-state index < -0.39 is 0 Å². The third-order valence-corrected chi connectivity index (χ3v) is 5.11. The highest BCUT2D eigenvalue weighted by molar-refractivity contribution is 7.09. The average molecular weight is 396 g/mol. The zero-order valence-electron chi connectivity index (χ0n) is 15.5. The van der Waals surface area contributed by atoms with Crippen molar-refractivity contribution < 1.29 is 9.53 Å². The first-order valence-electron chi connectivity index (χ1n) is 8.70. The SMILES string of the molecule is Cc1csc(CN2CCN(C(=O)c3ccc(OC(C)C)cc3)CC2)n1.Cl. The van der Waals surface area contributed by atoms with Crippen LogP contribution in [-0.2, 0) is 6.54 Å². The monoisotopic (exact) mass is 395 g/mol. The van der Waals surface area contributed by atoms with Crippen molar-refractivity contribution in [3.8, 4) is 5.75 Å². The van der Waals surface area contributed by atoms with Crippen LogP contribution in [0.25, 0.3) is 0 Å². The van der Waals surface area contributed by atoms with Crippen LogP contribution in [0.1, 0.15) is 34.9 Å². The lowest BCUT2D eigenvalue weighted by Gasteiger charge is -2.34. The highest BCUT2D eigenvalue weighted by atomic mass is 35.5. The number of aromatic nitrogens is 1. The minimum atomic E-state index is 0. The molecule has 7 heteroatoms. The summed E-state index contributed by atoms with van der Waals surface area (Å²) >= 11 is 1.71. The summed E-state index contributed by atoms with van der Waals surface area (Å²) < 4.78 is 5.63. The standard InChI is InChI=1S/C19H25N3O2S.ClH/c1-14(2)24-17-6-4-16(5-7-17)19(23)22-10-8-21(9-11-22)12-18-20-15(3)13-25-18;/h4-7,13-14H,8-12H2,1-3H3;1H. The Morgan fingerprint density at radius 1 is 1.19 bits per heavy atom. The number of hydrogen-bond donors (Lipinski definition) is 0. The fourth-order valence-electron chi connectivity index (χ4n) is 2.91. The summed E-state index contributed by atoms with van der Waals surface area (Å²) in [6.07, 6.45) is 0.135. The van der Waals surface area contributed by atoms with Gasteiger partial charge in [0, 0.05) is 42.8 Å². The van der Waals surface area contributed by atoms with E-state index in [2.05, 4.69) is 15.3 Å². The molecule has 1 fully saturated rings. The molecule has 1 saturated heterocycles. The van der Waals surface area contributed by atoms with Crippen molar-refractivity contribution in [1.29, 1.82) is 0 Å². The van der Waals surface area contributed by atoms with Crippen LogP contribution in [0.3, 0.4) is 0 Å². The molecule has 5 nitrogen and oxygen atoms in total. The van der Waals surface area contributed by atoms with Crippen LogP contribution < -0.4 is 4.74 Å². The Morgan fingerprint density at radius 3 is 2.38 bits per heavy atom. The Labute approximate surface area is 165 Å². The van der Waals surface area contributed by atoms with Crippen LogP contribution in [0.5, 0.6) is 5.75 Å². The minimum Gasteiger partial charge on any atom is -0.491 e. The molecular weight excluding hydrogens is 370 g/mol. The van der Waals surface area contributed by atoms with Crippen molar-refractivity contribution in [2.75, 3.05) is 26.2 Å². The number of amides is 1. The van der Waals surface area contributed by atoms with Gasteiger partial charge in [-0.25, -0.2) is 4.98 Å². The summed E-state index contributed by atoms with van der Waals surface area (Å²) in [6, 6.07) is 7.44. The molecule has 1 aliphatic rings. The van der Waals surface area contributed by atoms with Gasteiger partial charge >= 0.3 is 0 Å². The van der Waals surface area contributed by atoms with Gasteiger partial charge in [0.05, 0.1) is 12.6 Å². The van der Waals surface area contributed by atoms with E-state index in [9.17, 15) is 4.79 Å². The van der Waals surface area contributed by atoms with E-state index in [-0.39, 0.29) is 24.4 Å². The lowest BCUT2D eigenvalue weighted by molar-refractivity contribution is 0.0628. The number of carbonyl (C=O) groups is 1. The maximum atomic E-state index is 12.7. The zero-order valence-corrected chi connectivity index (χ0v) is 17.1. The number of hydrogen-bond acceptors (Lipinski definition) is 5. The summed E-state index contributed by atoms with van der Waals surface area (Å²) in [6.45, 7) is 10.2. The molecule has 142 valence electrons. The predicted molar refractivity (Wildman–Crippen MR) is 107 cm³/mol. The van der Waals surface area contributed by atoms with E-state index in [0.29, 0.717) is 0 Å². The normalized spacial score (nSPS) is 15.0. The molecule has 0 saturated carbocycles. The van der Waals surface area contributed by atoms with Crippen LogP contribution in [0.4, 0.5) is 0 Å². The molecule has 26 heavy (non-hydrogen) atoms. The third kappa shape index (κ3) is 5.43. The maximum Gasteiger partial charge on any atom is 0.253 e. The van der Waals surface area contributed by atoms with Crippen LogP contribution in [0.2, 0.25) is 0 Å². The molecular formula is C19H26ClN3O2S. The van der Waals surface area contributed by atoms with Gasteiger partial charge in [0.2, 0.25) is 0 Å².